The Balaban J connectivity index is 1.52. The molecule has 3 aromatic rings. The first-order valence-corrected chi connectivity index (χ1v) is 12.3. The summed E-state index contributed by atoms with van der Waals surface area (Å²) in [4.78, 5) is 6.10. The second-order valence-corrected chi connectivity index (χ2v) is 9.10. The van der Waals surface area contributed by atoms with Gasteiger partial charge in [0, 0.05) is 43.9 Å². The number of hydrazone groups is 1. The number of nitrogens with two attached hydrogens (primary N) is 1. The van der Waals surface area contributed by atoms with Gasteiger partial charge in [0.15, 0.2) is 11.6 Å². The lowest BCUT2D eigenvalue weighted by molar-refractivity contribution is -0.154. The van der Waals surface area contributed by atoms with E-state index in [0.717, 1.165) is 23.0 Å². The Morgan fingerprint density at radius 3 is 2.65 bits per heavy atom. The molecular weight excluding hydrogens is 476 g/mol. The first-order valence-electron chi connectivity index (χ1n) is 12.3. The van der Waals surface area contributed by atoms with E-state index in [1.807, 2.05) is 54.6 Å². The number of benzene rings is 3. The van der Waals surface area contributed by atoms with Gasteiger partial charge in [0.25, 0.3) is 0 Å². The molecule has 2 unspecified atom stereocenters. The maximum Gasteiger partial charge on any atom is 0.159 e. The molecule has 1 aliphatic heterocycles. The molecule has 7 nitrogen and oxygen atoms in total. The minimum absolute atomic E-state index is 0.0170. The van der Waals surface area contributed by atoms with Gasteiger partial charge < -0.3 is 15.8 Å². The van der Waals surface area contributed by atoms with Crippen molar-refractivity contribution in [3.63, 3.8) is 0 Å². The van der Waals surface area contributed by atoms with Gasteiger partial charge in [-0.25, -0.2) is 8.78 Å². The van der Waals surface area contributed by atoms with E-state index in [1.165, 1.54) is 6.07 Å². The van der Waals surface area contributed by atoms with Gasteiger partial charge in [-0.2, -0.15) is 10.2 Å². The number of hydroxylamine groups is 2. The summed E-state index contributed by atoms with van der Waals surface area (Å²) < 4.78 is 32.8. The Morgan fingerprint density at radius 1 is 1.11 bits per heavy atom. The van der Waals surface area contributed by atoms with Crippen LogP contribution in [0.15, 0.2) is 77.9 Å². The van der Waals surface area contributed by atoms with Crippen LogP contribution in [0.1, 0.15) is 24.2 Å². The molecule has 9 heteroatoms. The molecule has 0 radical (unpaired) electrons. The summed E-state index contributed by atoms with van der Waals surface area (Å²) in [7, 11) is 1.63. The topological polar surface area (TPSA) is 84.1 Å². The lowest BCUT2D eigenvalue weighted by Crippen LogP contribution is -2.40. The van der Waals surface area contributed by atoms with Crippen molar-refractivity contribution in [3.8, 4) is 0 Å². The Hall–Kier alpha value is -3.37. The van der Waals surface area contributed by atoms with Gasteiger partial charge in [0.05, 0.1) is 24.0 Å². The minimum Gasteiger partial charge on any atom is -0.399 e. The van der Waals surface area contributed by atoms with Crippen LogP contribution in [0.3, 0.4) is 0 Å². The van der Waals surface area contributed by atoms with E-state index in [1.54, 1.807) is 18.2 Å². The summed E-state index contributed by atoms with van der Waals surface area (Å²) in [6.07, 6.45) is -0.477. The Labute approximate surface area is 216 Å². The van der Waals surface area contributed by atoms with Crippen LogP contribution in [-0.2, 0) is 9.57 Å². The highest BCUT2D eigenvalue weighted by Gasteiger charge is 2.36. The number of nitrogens with zero attached hydrogens (tertiary/aromatic N) is 2. The van der Waals surface area contributed by atoms with Crippen LogP contribution < -0.4 is 16.5 Å². The Bertz CT molecular complexity index is 1190. The second-order valence-electron chi connectivity index (χ2n) is 9.10. The quantitative estimate of drug-likeness (QED) is 0.199. The van der Waals surface area contributed by atoms with Crippen LogP contribution in [-0.4, -0.2) is 50.2 Å². The number of nitrogens with one attached hydrogen (secondary N) is 2. The van der Waals surface area contributed by atoms with Gasteiger partial charge in [0.1, 0.15) is 6.10 Å². The summed E-state index contributed by atoms with van der Waals surface area (Å²) in [6.45, 7) is 4.25. The maximum atomic E-state index is 14.0. The van der Waals surface area contributed by atoms with E-state index in [9.17, 15) is 8.78 Å². The number of hydrogen-bond acceptors (Lipinski definition) is 7. The van der Waals surface area contributed by atoms with Crippen LogP contribution >= 0.6 is 0 Å². The zero-order valence-corrected chi connectivity index (χ0v) is 21.0. The molecule has 0 aromatic heterocycles. The van der Waals surface area contributed by atoms with Crippen molar-refractivity contribution >= 4 is 17.1 Å². The molecule has 0 amide bonds. The molecular formula is C28H33F2N5O2. The largest absolute Gasteiger partial charge is 0.399 e. The van der Waals surface area contributed by atoms with Gasteiger partial charge in [-0.1, -0.05) is 43.3 Å². The summed E-state index contributed by atoms with van der Waals surface area (Å²) in [5.41, 5.74) is 13.1. The highest BCUT2D eigenvalue weighted by atomic mass is 19.2. The predicted octanol–water partition coefficient (Wildman–Crippen LogP) is 4.59. The molecule has 4 rings (SSSR count). The fourth-order valence-corrected chi connectivity index (χ4v) is 4.30. The SMILES string of the molecule is COCCN1CC(NCC(C)/C(=N\Nc2ccccc2)c2cccc(N)c2)[C@H](c2ccc(F)c(F)c2)O1. The summed E-state index contributed by atoms with van der Waals surface area (Å²) in [5, 5.41) is 10.1. The van der Waals surface area contributed by atoms with Crippen molar-refractivity contribution < 1.29 is 18.4 Å². The number of nitrogen functional groups attached to an aromatic ring is 1. The average molecular weight is 510 g/mol. The molecule has 37 heavy (non-hydrogen) atoms. The molecule has 3 atom stereocenters. The summed E-state index contributed by atoms with van der Waals surface area (Å²) in [5.74, 6) is -1.80. The van der Waals surface area contributed by atoms with Crippen LogP contribution in [0, 0.1) is 17.6 Å². The van der Waals surface area contributed by atoms with Crippen LogP contribution in [0.25, 0.3) is 0 Å². The molecule has 0 spiro atoms. The van der Waals surface area contributed by atoms with E-state index in [-0.39, 0.29) is 12.0 Å². The van der Waals surface area contributed by atoms with Crippen molar-refractivity contribution in [2.45, 2.75) is 19.1 Å². The number of hydrogen-bond donors (Lipinski definition) is 3. The second kappa shape index (κ2) is 12.7. The lowest BCUT2D eigenvalue weighted by atomic mass is 9.96. The number of ether oxygens (including phenoxy) is 1. The summed E-state index contributed by atoms with van der Waals surface area (Å²) >= 11 is 0. The fraction of sp³-hybridized carbons (Fsp3) is 0.321. The standard InChI is InChI=1S/C28H33F2N5O2/c1-19(27(20-7-6-8-22(31)15-20)34-33-23-9-4-3-5-10-23)17-32-26-18-35(13-14-36-2)37-28(26)21-11-12-24(29)25(30)16-21/h3-12,15-16,19,26,28,32-33H,13-14,17-18,31H2,1-2H3/b34-27+/t19?,26?,28-/m0/s1. The lowest BCUT2D eigenvalue weighted by Gasteiger charge is -2.22. The normalized spacial score (nSPS) is 19.2. The first kappa shape index (κ1) is 26.7. The van der Waals surface area contributed by atoms with Crippen molar-refractivity contribution in [1.82, 2.24) is 10.4 Å². The average Bonchev–Trinajstić information content (AvgIpc) is 3.31. The predicted molar refractivity (Wildman–Crippen MR) is 142 cm³/mol. The van der Waals surface area contributed by atoms with Crippen molar-refractivity contribution in [1.29, 1.82) is 0 Å². The van der Waals surface area contributed by atoms with Crippen molar-refractivity contribution in [2.75, 3.05) is 44.5 Å². The third-order valence-electron chi connectivity index (χ3n) is 6.26. The zero-order valence-electron chi connectivity index (χ0n) is 21.0. The van der Waals surface area contributed by atoms with Gasteiger partial charge in [0.2, 0.25) is 0 Å². The molecule has 4 N–H and O–H groups in total. The van der Waals surface area contributed by atoms with E-state index >= 15 is 0 Å². The minimum atomic E-state index is -0.897. The van der Waals surface area contributed by atoms with Crippen LogP contribution in [0.4, 0.5) is 20.2 Å². The number of methoxy groups -OCH3 is 1. The number of halogens is 2. The maximum absolute atomic E-state index is 14.0. The van der Waals surface area contributed by atoms with Crippen LogP contribution in [0.5, 0.6) is 0 Å². The number of anilines is 2. The van der Waals surface area contributed by atoms with Gasteiger partial charge in [-0.05, 0) is 42.0 Å². The molecule has 0 aliphatic carbocycles. The fourth-order valence-electron chi connectivity index (χ4n) is 4.30. The van der Waals surface area contributed by atoms with E-state index in [4.69, 9.17) is 20.4 Å². The first-order chi connectivity index (χ1) is 17.9. The van der Waals surface area contributed by atoms with Gasteiger partial charge in [-0.3, -0.25) is 10.3 Å². The summed E-state index contributed by atoms with van der Waals surface area (Å²) in [6, 6.07) is 21.1. The van der Waals surface area contributed by atoms with E-state index < -0.39 is 17.7 Å². The number of rotatable bonds is 11. The van der Waals surface area contributed by atoms with Gasteiger partial charge in [-0.15, -0.1) is 0 Å². The smallest absolute Gasteiger partial charge is 0.159 e. The highest BCUT2D eigenvalue weighted by molar-refractivity contribution is 6.03. The Kier molecular flexibility index (Phi) is 9.19. The van der Waals surface area contributed by atoms with Gasteiger partial charge >= 0.3 is 0 Å². The van der Waals surface area contributed by atoms with E-state index in [2.05, 4.69) is 17.7 Å². The van der Waals surface area contributed by atoms with Crippen molar-refractivity contribution in [3.05, 3.63) is 95.6 Å². The molecule has 3 aromatic carbocycles. The van der Waals surface area contributed by atoms with Crippen LogP contribution in [0.2, 0.25) is 0 Å². The Morgan fingerprint density at radius 2 is 1.92 bits per heavy atom. The third kappa shape index (κ3) is 7.11. The monoisotopic (exact) mass is 509 g/mol. The molecule has 1 aliphatic rings. The molecule has 1 heterocycles. The molecule has 0 saturated carbocycles. The number of para-hydroxylation sites is 1. The van der Waals surface area contributed by atoms with Crippen molar-refractivity contribution in [2.24, 2.45) is 11.0 Å². The molecule has 196 valence electrons. The molecule has 0 bridgehead atoms. The molecule has 1 fully saturated rings. The third-order valence-corrected chi connectivity index (χ3v) is 6.26. The molecule has 1 saturated heterocycles. The highest BCUT2D eigenvalue weighted by Crippen LogP contribution is 2.30. The zero-order chi connectivity index (χ0) is 26.2. The van der Waals surface area contributed by atoms with E-state index in [0.29, 0.717) is 37.5 Å².